The third kappa shape index (κ3) is 6.14. The van der Waals surface area contributed by atoms with Crippen molar-refractivity contribution in [1.82, 2.24) is 4.90 Å². The second-order valence-electron chi connectivity index (χ2n) is 5.59. The van der Waals surface area contributed by atoms with E-state index in [1.165, 1.54) is 0 Å². The zero-order valence-electron chi connectivity index (χ0n) is 13.4. The van der Waals surface area contributed by atoms with Gasteiger partial charge in [-0.2, -0.15) is 0 Å². The molecule has 118 valence electrons. The van der Waals surface area contributed by atoms with Crippen molar-refractivity contribution in [2.75, 3.05) is 18.5 Å². The van der Waals surface area contributed by atoms with Crippen LogP contribution >= 0.6 is 0 Å². The maximum Gasteiger partial charge on any atom is 0.411 e. The average molecular weight is 293 g/mol. The third-order valence-corrected chi connectivity index (χ3v) is 3.32. The van der Waals surface area contributed by atoms with Crippen molar-refractivity contribution in [2.45, 2.75) is 46.3 Å². The first kappa shape index (κ1) is 17.5. The number of anilines is 1. The van der Waals surface area contributed by atoms with E-state index in [-0.39, 0.29) is 0 Å². The highest BCUT2D eigenvalue weighted by atomic mass is 16.5. The van der Waals surface area contributed by atoms with Crippen LogP contribution in [0.3, 0.4) is 0 Å². The highest BCUT2D eigenvalue weighted by Gasteiger charge is 2.13. The molecule has 5 heteroatoms. The zero-order valence-corrected chi connectivity index (χ0v) is 13.4. The zero-order chi connectivity index (χ0) is 15.8. The Kier molecular flexibility index (Phi) is 7.19. The Morgan fingerprint density at radius 2 is 1.95 bits per heavy atom. The van der Waals surface area contributed by atoms with Crippen molar-refractivity contribution in [1.29, 1.82) is 0 Å². The number of benzene rings is 1. The van der Waals surface area contributed by atoms with Gasteiger partial charge in [0.2, 0.25) is 0 Å². The van der Waals surface area contributed by atoms with Gasteiger partial charge in [-0.1, -0.05) is 12.1 Å². The van der Waals surface area contributed by atoms with E-state index in [4.69, 9.17) is 10.5 Å². The van der Waals surface area contributed by atoms with Crippen molar-refractivity contribution in [3.63, 3.8) is 0 Å². The molecule has 1 rings (SSSR count). The van der Waals surface area contributed by atoms with Gasteiger partial charge in [0, 0.05) is 30.9 Å². The molecule has 1 aromatic rings. The first-order valence-electron chi connectivity index (χ1n) is 7.42. The molecule has 5 nitrogen and oxygen atoms in total. The Labute approximate surface area is 127 Å². The van der Waals surface area contributed by atoms with E-state index in [0.29, 0.717) is 30.9 Å². The van der Waals surface area contributed by atoms with Crippen molar-refractivity contribution in [2.24, 2.45) is 5.73 Å². The van der Waals surface area contributed by atoms with Gasteiger partial charge < -0.3 is 10.5 Å². The van der Waals surface area contributed by atoms with Gasteiger partial charge in [0.15, 0.2) is 0 Å². The lowest BCUT2D eigenvalue weighted by atomic mass is 10.2. The number of nitrogens with one attached hydrogen (secondary N) is 1. The molecule has 0 aliphatic carbocycles. The minimum atomic E-state index is -0.434. The Balaban J connectivity index is 2.40. The lowest BCUT2D eigenvalue weighted by Gasteiger charge is -2.30. The molecule has 1 amide bonds. The number of ether oxygens (including phenoxy) is 1. The van der Waals surface area contributed by atoms with Gasteiger partial charge in [0.1, 0.15) is 6.61 Å². The quantitative estimate of drug-likeness (QED) is 0.811. The molecule has 0 bridgehead atoms. The largest absolute Gasteiger partial charge is 0.448 e. The summed E-state index contributed by atoms with van der Waals surface area (Å²) in [6.07, 6.45) is -0.434. The summed E-state index contributed by atoms with van der Waals surface area (Å²) in [5.74, 6) is 0. The van der Waals surface area contributed by atoms with Crippen LogP contribution in [0, 0.1) is 0 Å². The number of amides is 1. The Hall–Kier alpha value is -1.59. The number of carbonyl (C=O) groups excluding carboxylic acids is 1. The van der Waals surface area contributed by atoms with Crippen LogP contribution in [0.4, 0.5) is 10.5 Å². The monoisotopic (exact) mass is 293 g/mol. The van der Waals surface area contributed by atoms with Gasteiger partial charge in [-0.3, -0.25) is 10.2 Å². The molecule has 0 saturated heterocycles. The third-order valence-electron chi connectivity index (χ3n) is 3.32. The topological polar surface area (TPSA) is 67.6 Å². The first-order valence-corrected chi connectivity index (χ1v) is 7.42. The molecule has 1 aromatic carbocycles. The second-order valence-corrected chi connectivity index (χ2v) is 5.59. The van der Waals surface area contributed by atoms with Crippen LogP contribution in [0.25, 0.3) is 0 Å². The summed E-state index contributed by atoms with van der Waals surface area (Å²) in [7, 11) is 0. The molecule has 0 aliphatic rings. The molecule has 0 aromatic heterocycles. The molecule has 21 heavy (non-hydrogen) atoms. The minimum absolute atomic E-state index is 0.374. The predicted molar refractivity (Wildman–Crippen MR) is 86.3 cm³/mol. The lowest BCUT2D eigenvalue weighted by Crippen LogP contribution is -2.39. The summed E-state index contributed by atoms with van der Waals surface area (Å²) in [5, 5.41) is 2.71. The fourth-order valence-electron chi connectivity index (χ4n) is 2.29. The number of nitrogens with two attached hydrogens (primary N) is 1. The first-order chi connectivity index (χ1) is 9.93. The number of rotatable bonds is 7. The van der Waals surface area contributed by atoms with Crippen LogP contribution in [0.5, 0.6) is 0 Å². The van der Waals surface area contributed by atoms with Crippen molar-refractivity contribution in [3.05, 3.63) is 29.8 Å². The van der Waals surface area contributed by atoms with Crippen LogP contribution in [0.2, 0.25) is 0 Å². The summed E-state index contributed by atoms with van der Waals surface area (Å²) in [6.45, 7) is 10.1. The standard InChI is InChI=1S/C16H27N3O2/c1-12(2)19(13(3)4)8-9-21-16(20)18-15-7-5-6-14(10-15)11-17/h5-7,10,12-13H,8-9,11,17H2,1-4H3,(H,18,20). The van der Waals surface area contributed by atoms with Crippen LogP contribution in [0.1, 0.15) is 33.3 Å². The lowest BCUT2D eigenvalue weighted by molar-refractivity contribution is 0.111. The van der Waals surface area contributed by atoms with E-state index in [1.807, 2.05) is 24.3 Å². The van der Waals surface area contributed by atoms with E-state index in [2.05, 4.69) is 37.9 Å². The van der Waals surface area contributed by atoms with Gasteiger partial charge in [-0.15, -0.1) is 0 Å². The molecular weight excluding hydrogens is 266 g/mol. The molecule has 0 spiro atoms. The van der Waals surface area contributed by atoms with Gasteiger partial charge in [-0.25, -0.2) is 4.79 Å². The summed E-state index contributed by atoms with van der Waals surface area (Å²) < 4.78 is 5.23. The molecule has 0 unspecified atom stereocenters. The molecule has 0 saturated carbocycles. The van der Waals surface area contributed by atoms with Crippen LogP contribution in [-0.4, -0.2) is 36.2 Å². The van der Waals surface area contributed by atoms with E-state index in [0.717, 1.165) is 12.1 Å². The molecule has 0 heterocycles. The maximum atomic E-state index is 11.8. The summed E-state index contributed by atoms with van der Waals surface area (Å²) >= 11 is 0. The van der Waals surface area contributed by atoms with Crippen LogP contribution in [0.15, 0.2) is 24.3 Å². The second kappa shape index (κ2) is 8.64. The van der Waals surface area contributed by atoms with Crippen LogP contribution in [-0.2, 0) is 11.3 Å². The van der Waals surface area contributed by atoms with Crippen molar-refractivity contribution in [3.8, 4) is 0 Å². The van der Waals surface area contributed by atoms with E-state index in [9.17, 15) is 4.79 Å². The summed E-state index contributed by atoms with van der Waals surface area (Å²) in [5.41, 5.74) is 7.24. The molecule has 0 fully saturated rings. The van der Waals surface area contributed by atoms with E-state index in [1.54, 1.807) is 0 Å². The maximum absolute atomic E-state index is 11.8. The Morgan fingerprint density at radius 1 is 1.29 bits per heavy atom. The minimum Gasteiger partial charge on any atom is -0.448 e. The van der Waals surface area contributed by atoms with Gasteiger partial charge in [0.25, 0.3) is 0 Å². The van der Waals surface area contributed by atoms with Crippen molar-refractivity contribution >= 4 is 11.8 Å². The normalized spacial score (nSPS) is 11.2. The smallest absolute Gasteiger partial charge is 0.411 e. The van der Waals surface area contributed by atoms with Gasteiger partial charge >= 0.3 is 6.09 Å². The number of hydrogen-bond donors (Lipinski definition) is 2. The Morgan fingerprint density at radius 3 is 2.52 bits per heavy atom. The number of nitrogens with zero attached hydrogens (tertiary/aromatic N) is 1. The average Bonchev–Trinajstić information content (AvgIpc) is 2.42. The molecule has 3 N–H and O–H groups in total. The number of carbonyl (C=O) groups is 1. The van der Waals surface area contributed by atoms with E-state index >= 15 is 0 Å². The highest BCUT2D eigenvalue weighted by molar-refractivity contribution is 5.84. The molecule has 0 atom stereocenters. The number of hydrogen-bond acceptors (Lipinski definition) is 4. The van der Waals surface area contributed by atoms with Gasteiger partial charge in [0.05, 0.1) is 0 Å². The molecule has 0 aliphatic heterocycles. The van der Waals surface area contributed by atoms with Crippen LogP contribution < -0.4 is 11.1 Å². The predicted octanol–water partition coefficient (Wildman–Crippen LogP) is 2.81. The van der Waals surface area contributed by atoms with Crippen molar-refractivity contribution < 1.29 is 9.53 Å². The summed E-state index contributed by atoms with van der Waals surface area (Å²) in [6, 6.07) is 8.29. The van der Waals surface area contributed by atoms with E-state index < -0.39 is 6.09 Å². The molecular formula is C16H27N3O2. The highest BCUT2D eigenvalue weighted by Crippen LogP contribution is 2.10. The van der Waals surface area contributed by atoms with Gasteiger partial charge in [-0.05, 0) is 45.4 Å². The Bertz CT molecular complexity index is 439. The fourth-order valence-corrected chi connectivity index (χ4v) is 2.29. The molecule has 0 radical (unpaired) electrons. The summed E-state index contributed by atoms with van der Waals surface area (Å²) in [4.78, 5) is 14.0. The fraction of sp³-hybridized carbons (Fsp3) is 0.562. The SMILES string of the molecule is CC(C)N(CCOC(=O)Nc1cccc(CN)c1)C(C)C.